The topological polar surface area (TPSA) is 66.2 Å². The average Bonchev–Trinajstić information content (AvgIpc) is 2.83. The molecule has 1 aromatic carbocycles. The Morgan fingerprint density at radius 2 is 2.16 bits per heavy atom. The van der Waals surface area contributed by atoms with Crippen molar-refractivity contribution in [3.63, 3.8) is 0 Å². The number of halogens is 1. The summed E-state index contributed by atoms with van der Waals surface area (Å²) in [6.07, 6.45) is 0.790. The minimum atomic E-state index is -1.66. The summed E-state index contributed by atoms with van der Waals surface area (Å²) in [5, 5.41) is 18.1. The number of aromatic nitrogens is 2. The van der Waals surface area contributed by atoms with Gasteiger partial charge in [0.15, 0.2) is 4.34 Å². The number of rotatable bonds is 5. The van der Waals surface area contributed by atoms with Crippen LogP contribution in [0, 0.1) is 5.82 Å². The highest BCUT2D eigenvalue weighted by Crippen LogP contribution is 2.24. The largest absolute Gasteiger partial charge is 0.488 e. The van der Waals surface area contributed by atoms with Crippen molar-refractivity contribution in [2.24, 2.45) is 0 Å². The molecule has 0 bridgehead atoms. The van der Waals surface area contributed by atoms with Gasteiger partial charge in [-0.1, -0.05) is 24.8 Å². The monoisotopic (exact) mass is 298 g/mol. The molecule has 0 aliphatic rings. The van der Waals surface area contributed by atoms with Crippen LogP contribution in [0.5, 0.6) is 0 Å². The summed E-state index contributed by atoms with van der Waals surface area (Å²) in [7, 11) is -1.66. The van der Waals surface area contributed by atoms with Crippen LogP contribution in [0.4, 0.5) is 4.39 Å². The van der Waals surface area contributed by atoms with E-state index in [1.165, 1.54) is 29.4 Å². The molecule has 0 fully saturated rings. The molecule has 2 N–H and O–H groups in total. The first kappa shape index (κ1) is 14.5. The molecule has 8 heteroatoms. The van der Waals surface area contributed by atoms with Crippen molar-refractivity contribution in [3.8, 4) is 0 Å². The third kappa shape index (κ3) is 4.00. The number of thioether (sulfide) groups is 1. The van der Waals surface area contributed by atoms with Gasteiger partial charge in [0.1, 0.15) is 11.6 Å². The van der Waals surface area contributed by atoms with Gasteiger partial charge in [-0.05, 0) is 34.7 Å². The molecule has 2 rings (SSSR count). The van der Waals surface area contributed by atoms with E-state index in [-0.39, 0.29) is 5.46 Å². The fourth-order valence-electron chi connectivity index (χ4n) is 1.49. The number of benzene rings is 1. The highest BCUT2D eigenvalue weighted by molar-refractivity contribution is 8.00. The van der Waals surface area contributed by atoms with E-state index < -0.39 is 12.9 Å². The third-order valence-corrected chi connectivity index (χ3v) is 4.35. The lowest BCUT2D eigenvalue weighted by molar-refractivity contribution is 0.425. The maximum absolute atomic E-state index is 13.3. The Bertz CT molecular complexity index is 565. The third-order valence-electron chi connectivity index (χ3n) is 2.41. The second-order valence-electron chi connectivity index (χ2n) is 3.89. The van der Waals surface area contributed by atoms with Crippen molar-refractivity contribution in [1.82, 2.24) is 9.36 Å². The molecule has 0 spiro atoms. The van der Waals surface area contributed by atoms with Crippen molar-refractivity contribution < 1.29 is 14.4 Å². The molecule has 19 heavy (non-hydrogen) atoms. The molecule has 2 aromatic rings. The quantitative estimate of drug-likeness (QED) is 0.641. The highest BCUT2D eigenvalue weighted by Gasteiger charge is 2.13. The van der Waals surface area contributed by atoms with Gasteiger partial charge in [0, 0.05) is 12.2 Å². The second kappa shape index (κ2) is 6.47. The molecule has 0 saturated heterocycles. The van der Waals surface area contributed by atoms with Crippen LogP contribution in [-0.2, 0) is 12.2 Å². The number of hydrogen-bond acceptors (Lipinski definition) is 6. The minimum absolute atomic E-state index is 0.155. The van der Waals surface area contributed by atoms with Gasteiger partial charge in [-0.2, -0.15) is 4.37 Å². The van der Waals surface area contributed by atoms with E-state index in [1.807, 2.05) is 6.92 Å². The molecule has 0 aliphatic heterocycles. The molecule has 4 nitrogen and oxygen atoms in total. The molecule has 0 saturated carbocycles. The van der Waals surface area contributed by atoms with Gasteiger partial charge in [-0.25, -0.2) is 9.37 Å². The summed E-state index contributed by atoms with van der Waals surface area (Å²) >= 11 is 2.77. The lowest BCUT2D eigenvalue weighted by atomic mass is 9.79. The van der Waals surface area contributed by atoms with Gasteiger partial charge >= 0.3 is 7.12 Å². The molecule has 0 atom stereocenters. The van der Waals surface area contributed by atoms with E-state index in [2.05, 4.69) is 9.36 Å². The smallest absolute Gasteiger partial charge is 0.423 e. The normalized spacial score (nSPS) is 10.7. The van der Waals surface area contributed by atoms with Crippen LogP contribution in [-0.4, -0.2) is 26.5 Å². The predicted octanol–water partition coefficient (Wildman–Crippen LogP) is 1.21. The number of aryl methyl sites for hydroxylation is 1. The van der Waals surface area contributed by atoms with Gasteiger partial charge in [0.25, 0.3) is 0 Å². The first-order chi connectivity index (χ1) is 9.08. The zero-order valence-electron chi connectivity index (χ0n) is 10.2. The maximum atomic E-state index is 13.3. The Hall–Kier alpha value is -0.955. The molecule has 100 valence electrons. The van der Waals surface area contributed by atoms with Gasteiger partial charge in [0.2, 0.25) is 0 Å². The zero-order valence-corrected chi connectivity index (χ0v) is 11.8. The summed E-state index contributed by atoms with van der Waals surface area (Å²) in [6, 6.07) is 4.06. The first-order valence-corrected chi connectivity index (χ1v) is 7.45. The molecule has 0 amide bonds. The Morgan fingerprint density at radius 3 is 2.79 bits per heavy atom. The summed E-state index contributed by atoms with van der Waals surface area (Å²) in [6.45, 7) is 1.98. The molecule has 1 aromatic heterocycles. The summed E-state index contributed by atoms with van der Waals surface area (Å²) < 4.78 is 18.3. The van der Waals surface area contributed by atoms with E-state index in [1.54, 1.807) is 6.07 Å². The van der Waals surface area contributed by atoms with Crippen molar-refractivity contribution in [2.75, 3.05) is 0 Å². The van der Waals surface area contributed by atoms with Crippen molar-refractivity contribution in [1.29, 1.82) is 0 Å². The van der Waals surface area contributed by atoms with Gasteiger partial charge < -0.3 is 10.0 Å². The van der Waals surface area contributed by atoms with E-state index in [4.69, 9.17) is 10.0 Å². The van der Waals surface area contributed by atoms with E-state index >= 15 is 0 Å². The van der Waals surface area contributed by atoms with E-state index in [0.717, 1.165) is 22.7 Å². The van der Waals surface area contributed by atoms with Crippen molar-refractivity contribution in [3.05, 3.63) is 35.4 Å². The molecule has 1 heterocycles. The van der Waals surface area contributed by atoms with Crippen molar-refractivity contribution in [2.45, 2.75) is 23.4 Å². The molecule has 0 unspecified atom stereocenters. The number of nitrogens with zero attached hydrogens (tertiary/aromatic N) is 2. The van der Waals surface area contributed by atoms with Crippen LogP contribution >= 0.6 is 23.3 Å². The van der Waals surface area contributed by atoms with Crippen LogP contribution in [0.3, 0.4) is 0 Å². The zero-order chi connectivity index (χ0) is 13.8. The predicted molar refractivity (Wildman–Crippen MR) is 75.1 cm³/mol. The summed E-state index contributed by atoms with van der Waals surface area (Å²) in [4.78, 5) is 4.30. The summed E-state index contributed by atoms with van der Waals surface area (Å²) in [5.41, 5.74) is 0.837. The van der Waals surface area contributed by atoms with Crippen LogP contribution in [0.1, 0.15) is 18.3 Å². The summed E-state index contributed by atoms with van der Waals surface area (Å²) in [5.74, 6) is 0.835. The molecular formula is C11H12BFN2O2S2. The first-order valence-electron chi connectivity index (χ1n) is 5.69. The van der Waals surface area contributed by atoms with Crippen LogP contribution in [0.2, 0.25) is 0 Å². The molecular weight excluding hydrogens is 286 g/mol. The van der Waals surface area contributed by atoms with Gasteiger partial charge in [-0.15, -0.1) is 0 Å². The van der Waals surface area contributed by atoms with Crippen LogP contribution in [0.15, 0.2) is 22.5 Å². The number of hydrogen-bond donors (Lipinski definition) is 2. The van der Waals surface area contributed by atoms with Gasteiger partial charge in [-0.3, -0.25) is 0 Å². The van der Waals surface area contributed by atoms with E-state index in [0.29, 0.717) is 11.3 Å². The Balaban J connectivity index is 2.06. The molecule has 0 radical (unpaired) electrons. The maximum Gasteiger partial charge on any atom is 0.488 e. The standard InChI is InChI=1S/C11H12BFN2O2S2/c1-2-10-14-11(19-15-10)18-6-7-3-8(12(16)17)5-9(13)4-7/h3-5,16-17H,2,6H2,1H3. The van der Waals surface area contributed by atoms with E-state index in [9.17, 15) is 4.39 Å². The van der Waals surface area contributed by atoms with Gasteiger partial charge in [0.05, 0.1) is 0 Å². The lowest BCUT2D eigenvalue weighted by Crippen LogP contribution is -2.30. The lowest BCUT2D eigenvalue weighted by Gasteiger charge is -2.04. The Morgan fingerprint density at radius 1 is 1.37 bits per heavy atom. The fourth-order valence-corrected chi connectivity index (χ4v) is 3.12. The van der Waals surface area contributed by atoms with Crippen LogP contribution in [0.25, 0.3) is 0 Å². The Kier molecular flexibility index (Phi) is 4.92. The highest BCUT2D eigenvalue weighted by atomic mass is 32.2. The Labute approximate surface area is 119 Å². The SMILES string of the molecule is CCc1nsc(SCc2cc(F)cc(B(O)O)c2)n1. The molecule has 0 aliphatic carbocycles. The van der Waals surface area contributed by atoms with Crippen LogP contribution < -0.4 is 5.46 Å². The average molecular weight is 298 g/mol. The fraction of sp³-hybridized carbons (Fsp3) is 0.273. The minimum Gasteiger partial charge on any atom is -0.423 e. The van der Waals surface area contributed by atoms with Crippen molar-refractivity contribution >= 4 is 35.9 Å². The second-order valence-corrected chi connectivity index (χ2v) is 5.86.